The lowest BCUT2D eigenvalue weighted by Crippen LogP contribution is -2.21. The zero-order valence-electron chi connectivity index (χ0n) is 12.0. The molecule has 7 heteroatoms. The summed E-state index contributed by atoms with van der Waals surface area (Å²) in [6.07, 6.45) is 0.859. The number of methoxy groups -OCH3 is 1. The monoisotopic (exact) mass is 296 g/mol. The maximum Gasteiger partial charge on any atom is 0.270 e. The summed E-state index contributed by atoms with van der Waals surface area (Å²) in [6.45, 7) is 3.01. The Balaban J connectivity index is 2.06. The van der Waals surface area contributed by atoms with Crippen molar-refractivity contribution in [3.05, 3.63) is 33.9 Å². The molecule has 0 aromatic heterocycles. The highest BCUT2D eigenvalue weighted by atomic mass is 16.6. The van der Waals surface area contributed by atoms with Crippen LogP contribution in [-0.2, 0) is 16.0 Å². The molecule has 1 aliphatic rings. The smallest absolute Gasteiger partial charge is 0.270 e. The standard InChI is InChI=1S/C14H20N2O5/c1-19-7-5-15-9-11-8-12(16(17)18)2-3-14(11)21-13-4-6-20-10-13/h2-3,8,13,15H,4-7,9-10H2,1H3. The minimum atomic E-state index is -0.402. The number of rotatable bonds is 8. The molecule has 0 bridgehead atoms. The lowest BCUT2D eigenvalue weighted by Gasteiger charge is -2.16. The Morgan fingerprint density at radius 3 is 3.05 bits per heavy atom. The Hall–Kier alpha value is -1.70. The van der Waals surface area contributed by atoms with Crippen LogP contribution in [0.2, 0.25) is 0 Å². The molecule has 7 nitrogen and oxygen atoms in total. The van der Waals surface area contributed by atoms with E-state index >= 15 is 0 Å². The molecule has 116 valence electrons. The SMILES string of the molecule is COCCNCc1cc([N+](=O)[O-])ccc1OC1CCOC1. The van der Waals surface area contributed by atoms with Crippen molar-refractivity contribution in [3.63, 3.8) is 0 Å². The Kier molecular flexibility index (Phi) is 5.91. The predicted octanol–water partition coefficient (Wildman–Crippen LogP) is 1.50. The van der Waals surface area contributed by atoms with Gasteiger partial charge in [-0.05, 0) is 6.07 Å². The fourth-order valence-electron chi connectivity index (χ4n) is 2.12. The van der Waals surface area contributed by atoms with E-state index in [2.05, 4.69) is 5.32 Å². The first kappa shape index (κ1) is 15.7. The maximum absolute atomic E-state index is 10.9. The molecule has 1 aromatic carbocycles. The molecule has 2 rings (SSSR count). The maximum atomic E-state index is 10.9. The van der Waals surface area contributed by atoms with E-state index < -0.39 is 4.92 Å². The molecule has 21 heavy (non-hydrogen) atoms. The van der Waals surface area contributed by atoms with Gasteiger partial charge in [0.2, 0.25) is 0 Å². The topological polar surface area (TPSA) is 82.9 Å². The molecule has 1 atom stereocenters. The Bertz CT molecular complexity index is 474. The van der Waals surface area contributed by atoms with E-state index in [1.165, 1.54) is 6.07 Å². The van der Waals surface area contributed by atoms with Crippen molar-refractivity contribution in [2.75, 3.05) is 33.5 Å². The largest absolute Gasteiger partial charge is 0.488 e. The Morgan fingerprint density at radius 1 is 1.52 bits per heavy atom. The molecule has 1 unspecified atom stereocenters. The molecule has 0 spiro atoms. The van der Waals surface area contributed by atoms with Gasteiger partial charge in [-0.2, -0.15) is 0 Å². The molecule has 0 aliphatic carbocycles. The highest BCUT2D eigenvalue weighted by Gasteiger charge is 2.20. The minimum absolute atomic E-state index is 0.0178. The van der Waals surface area contributed by atoms with Gasteiger partial charge in [-0.15, -0.1) is 0 Å². The molecular weight excluding hydrogens is 276 g/mol. The van der Waals surface area contributed by atoms with Crippen molar-refractivity contribution in [2.24, 2.45) is 0 Å². The summed E-state index contributed by atoms with van der Waals surface area (Å²) < 4.78 is 16.1. The van der Waals surface area contributed by atoms with E-state index in [0.29, 0.717) is 38.7 Å². The number of nitro benzene ring substituents is 1. The second-order valence-electron chi connectivity index (χ2n) is 4.82. The van der Waals surface area contributed by atoms with E-state index in [1.807, 2.05) is 0 Å². The molecule has 1 saturated heterocycles. The summed E-state index contributed by atoms with van der Waals surface area (Å²) in [6, 6.07) is 4.67. The van der Waals surface area contributed by atoms with E-state index in [9.17, 15) is 10.1 Å². The third-order valence-electron chi connectivity index (χ3n) is 3.23. The van der Waals surface area contributed by atoms with Gasteiger partial charge >= 0.3 is 0 Å². The van der Waals surface area contributed by atoms with Crippen LogP contribution in [-0.4, -0.2) is 44.5 Å². The van der Waals surface area contributed by atoms with Crippen LogP contribution in [0, 0.1) is 10.1 Å². The second kappa shape index (κ2) is 7.92. The first-order chi connectivity index (χ1) is 10.2. The molecule has 1 N–H and O–H groups in total. The molecule has 1 fully saturated rings. The number of nitrogens with zero attached hydrogens (tertiary/aromatic N) is 1. The van der Waals surface area contributed by atoms with Crippen molar-refractivity contribution in [2.45, 2.75) is 19.1 Å². The second-order valence-corrected chi connectivity index (χ2v) is 4.82. The van der Waals surface area contributed by atoms with E-state index in [1.54, 1.807) is 19.2 Å². The quantitative estimate of drug-likeness (QED) is 0.445. The van der Waals surface area contributed by atoms with Gasteiger partial charge in [-0.25, -0.2) is 0 Å². The van der Waals surface area contributed by atoms with Gasteiger partial charge < -0.3 is 19.5 Å². The third kappa shape index (κ3) is 4.66. The van der Waals surface area contributed by atoms with Crippen LogP contribution < -0.4 is 10.1 Å². The highest BCUT2D eigenvalue weighted by molar-refractivity contribution is 5.44. The zero-order chi connectivity index (χ0) is 15.1. The van der Waals surface area contributed by atoms with E-state index in [-0.39, 0.29) is 11.8 Å². The number of nitrogens with one attached hydrogen (secondary N) is 1. The zero-order valence-corrected chi connectivity index (χ0v) is 12.0. The van der Waals surface area contributed by atoms with Crippen LogP contribution in [0.25, 0.3) is 0 Å². The van der Waals surface area contributed by atoms with Crippen LogP contribution in [0.5, 0.6) is 5.75 Å². The summed E-state index contributed by atoms with van der Waals surface area (Å²) in [5.74, 6) is 0.668. The number of hydrogen-bond donors (Lipinski definition) is 1. The predicted molar refractivity (Wildman–Crippen MR) is 76.5 cm³/mol. The van der Waals surface area contributed by atoms with E-state index in [4.69, 9.17) is 14.2 Å². The number of benzene rings is 1. The van der Waals surface area contributed by atoms with Crippen molar-refractivity contribution in [1.29, 1.82) is 0 Å². The first-order valence-corrected chi connectivity index (χ1v) is 6.92. The summed E-state index contributed by atoms with van der Waals surface area (Å²) in [4.78, 5) is 10.5. The Morgan fingerprint density at radius 2 is 2.38 bits per heavy atom. The number of ether oxygens (including phenoxy) is 3. The van der Waals surface area contributed by atoms with Gasteiger partial charge in [0.1, 0.15) is 11.9 Å². The molecule has 0 saturated carbocycles. The van der Waals surface area contributed by atoms with Crippen molar-refractivity contribution in [1.82, 2.24) is 5.32 Å². The van der Waals surface area contributed by atoms with E-state index in [0.717, 1.165) is 12.0 Å². The summed E-state index contributed by atoms with van der Waals surface area (Å²) in [5.41, 5.74) is 0.834. The van der Waals surface area contributed by atoms with Gasteiger partial charge in [0, 0.05) is 44.3 Å². The normalized spacial score (nSPS) is 17.9. The molecule has 0 amide bonds. The van der Waals surface area contributed by atoms with Crippen molar-refractivity contribution < 1.29 is 19.1 Å². The molecule has 0 radical (unpaired) electrons. The lowest BCUT2D eigenvalue weighted by molar-refractivity contribution is -0.384. The van der Waals surface area contributed by atoms with Gasteiger partial charge in [-0.1, -0.05) is 0 Å². The van der Waals surface area contributed by atoms with Gasteiger partial charge in [-0.3, -0.25) is 10.1 Å². The lowest BCUT2D eigenvalue weighted by atomic mass is 10.1. The first-order valence-electron chi connectivity index (χ1n) is 6.92. The van der Waals surface area contributed by atoms with Crippen molar-refractivity contribution in [3.8, 4) is 5.75 Å². The molecular formula is C14H20N2O5. The Labute approximate surface area is 123 Å². The van der Waals surface area contributed by atoms with Crippen LogP contribution in [0.1, 0.15) is 12.0 Å². The minimum Gasteiger partial charge on any atom is -0.488 e. The highest BCUT2D eigenvalue weighted by Crippen LogP contribution is 2.26. The number of nitro groups is 1. The molecule has 1 heterocycles. The average Bonchev–Trinajstić information content (AvgIpc) is 2.97. The third-order valence-corrected chi connectivity index (χ3v) is 3.23. The van der Waals surface area contributed by atoms with Crippen LogP contribution in [0.15, 0.2) is 18.2 Å². The average molecular weight is 296 g/mol. The van der Waals surface area contributed by atoms with Crippen LogP contribution in [0.3, 0.4) is 0 Å². The van der Waals surface area contributed by atoms with Crippen molar-refractivity contribution >= 4 is 5.69 Å². The van der Waals surface area contributed by atoms with Gasteiger partial charge in [0.05, 0.1) is 24.7 Å². The van der Waals surface area contributed by atoms with Gasteiger partial charge in [0.15, 0.2) is 0 Å². The van der Waals surface area contributed by atoms with Crippen LogP contribution in [0.4, 0.5) is 5.69 Å². The molecule has 1 aromatic rings. The summed E-state index contributed by atoms with van der Waals surface area (Å²) in [5, 5.41) is 14.1. The fraction of sp³-hybridized carbons (Fsp3) is 0.571. The number of non-ortho nitro benzene ring substituents is 1. The fourth-order valence-corrected chi connectivity index (χ4v) is 2.12. The summed E-state index contributed by atoms with van der Waals surface area (Å²) >= 11 is 0. The van der Waals surface area contributed by atoms with Gasteiger partial charge in [0.25, 0.3) is 5.69 Å². The van der Waals surface area contributed by atoms with Crippen LogP contribution >= 0.6 is 0 Å². The number of hydrogen-bond acceptors (Lipinski definition) is 6. The molecule has 1 aliphatic heterocycles. The summed E-state index contributed by atoms with van der Waals surface area (Å²) in [7, 11) is 1.63.